The molecule has 0 bridgehead atoms. The van der Waals surface area contributed by atoms with E-state index in [-0.39, 0.29) is 0 Å². The van der Waals surface area contributed by atoms with Crippen LogP contribution < -0.4 is 0 Å². The van der Waals surface area contributed by atoms with Crippen LogP contribution in [0.25, 0.3) is 10.1 Å². The molecule has 5 rings (SSSR count). The van der Waals surface area contributed by atoms with Crippen molar-refractivity contribution in [2.75, 3.05) is 0 Å². The van der Waals surface area contributed by atoms with E-state index in [0.29, 0.717) is 0 Å². The Morgan fingerprint density at radius 1 is 0.652 bits per heavy atom. The number of hydrogen-bond donors (Lipinski definition) is 0. The molecule has 1 aliphatic carbocycles. The van der Waals surface area contributed by atoms with E-state index in [2.05, 4.69) is 78.9 Å². The van der Waals surface area contributed by atoms with Crippen LogP contribution in [-0.4, -0.2) is 0 Å². The van der Waals surface area contributed by atoms with E-state index in [1.165, 1.54) is 41.8 Å². The SMILES string of the molecule is c1ccc(Sc2sc3ccccc3c2[C]2c3ccccc32)cc1. The number of fused-ring (bicyclic) bond motifs is 2. The third-order valence-corrected chi connectivity index (χ3v) is 6.53. The van der Waals surface area contributed by atoms with Crippen LogP contribution in [0.4, 0.5) is 0 Å². The van der Waals surface area contributed by atoms with Gasteiger partial charge in [-0.3, -0.25) is 0 Å². The van der Waals surface area contributed by atoms with Crippen molar-refractivity contribution < 1.29 is 0 Å². The first-order valence-corrected chi connectivity index (χ1v) is 9.26. The van der Waals surface area contributed by atoms with Crippen LogP contribution in [-0.2, 0) is 0 Å². The third-order valence-electron chi connectivity index (χ3n) is 4.17. The topological polar surface area (TPSA) is 0 Å². The zero-order chi connectivity index (χ0) is 15.2. The zero-order valence-corrected chi connectivity index (χ0v) is 14.0. The predicted molar refractivity (Wildman–Crippen MR) is 99.4 cm³/mol. The first kappa shape index (κ1) is 13.4. The van der Waals surface area contributed by atoms with Gasteiger partial charge in [-0.2, -0.15) is 0 Å². The summed E-state index contributed by atoms with van der Waals surface area (Å²) in [6.45, 7) is 0. The van der Waals surface area contributed by atoms with Crippen molar-refractivity contribution in [1.29, 1.82) is 0 Å². The highest BCUT2D eigenvalue weighted by Gasteiger charge is 2.38. The summed E-state index contributed by atoms with van der Waals surface area (Å²) < 4.78 is 2.76. The van der Waals surface area contributed by atoms with Gasteiger partial charge in [0.15, 0.2) is 0 Å². The highest BCUT2D eigenvalue weighted by atomic mass is 32.2. The molecule has 0 nitrogen and oxygen atoms in total. The molecule has 1 heterocycles. The molecule has 0 saturated carbocycles. The molecule has 0 unspecified atom stereocenters. The largest absolute Gasteiger partial charge is 0.128 e. The van der Waals surface area contributed by atoms with Gasteiger partial charge in [-0.15, -0.1) is 11.3 Å². The fourth-order valence-corrected chi connectivity index (χ4v) is 5.55. The molecule has 1 radical (unpaired) electrons. The Hall–Kier alpha value is -2.03. The second kappa shape index (κ2) is 5.26. The van der Waals surface area contributed by atoms with Crippen molar-refractivity contribution in [2.45, 2.75) is 9.10 Å². The average Bonchev–Trinajstić information content (AvgIpc) is 3.21. The molecular formula is C21H13S2. The Balaban J connectivity index is 1.66. The van der Waals surface area contributed by atoms with Crippen LogP contribution in [0.5, 0.6) is 0 Å². The standard InChI is InChI=1S/C21H13S2/c1-2-8-14(9-3-1)22-21-20(17-12-6-7-13-18(17)23-21)19-15-10-4-5-11-16(15)19/h1-13H. The minimum Gasteiger partial charge on any atom is -0.128 e. The third kappa shape index (κ3) is 2.21. The first-order chi connectivity index (χ1) is 11.4. The van der Waals surface area contributed by atoms with Crippen LogP contribution in [0.3, 0.4) is 0 Å². The van der Waals surface area contributed by atoms with Crippen molar-refractivity contribution in [2.24, 2.45) is 0 Å². The Morgan fingerprint density at radius 2 is 1.30 bits per heavy atom. The fraction of sp³-hybridized carbons (Fsp3) is 0. The van der Waals surface area contributed by atoms with Gasteiger partial charge >= 0.3 is 0 Å². The number of rotatable bonds is 3. The lowest BCUT2D eigenvalue weighted by atomic mass is 10.1. The summed E-state index contributed by atoms with van der Waals surface area (Å²) >= 11 is 3.78. The lowest BCUT2D eigenvalue weighted by Crippen LogP contribution is -1.83. The summed E-state index contributed by atoms with van der Waals surface area (Å²) in [5.41, 5.74) is 4.23. The van der Waals surface area contributed by atoms with Gasteiger partial charge in [0, 0.05) is 15.2 Å². The van der Waals surface area contributed by atoms with Crippen molar-refractivity contribution in [1.82, 2.24) is 0 Å². The molecule has 3 aromatic carbocycles. The van der Waals surface area contributed by atoms with Crippen LogP contribution in [0, 0.1) is 5.92 Å². The minimum atomic E-state index is 1.30. The average molecular weight is 329 g/mol. The van der Waals surface area contributed by atoms with E-state index in [1.807, 2.05) is 23.1 Å². The van der Waals surface area contributed by atoms with Crippen LogP contribution in [0.15, 0.2) is 88.0 Å². The summed E-state index contributed by atoms with van der Waals surface area (Å²) in [6.07, 6.45) is 0. The van der Waals surface area contributed by atoms with E-state index in [4.69, 9.17) is 0 Å². The fourth-order valence-electron chi connectivity index (χ4n) is 3.06. The minimum absolute atomic E-state index is 1.30. The van der Waals surface area contributed by atoms with Gasteiger partial charge in [0.25, 0.3) is 0 Å². The maximum Gasteiger partial charge on any atom is 0.0704 e. The van der Waals surface area contributed by atoms with Gasteiger partial charge in [0.1, 0.15) is 0 Å². The Kier molecular flexibility index (Phi) is 3.07. The Labute approximate surface area is 143 Å². The van der Waals surface area contributed by atoms with Crippen LogP contribution >= 0.6 is 23.1 Å². The highest BCUT2D eigenvalue weighted by molar-refractivity contribution is 8.01. The Morgan fingerprint density at radius 3 is 2.09 bits per heavy atom. The number of thiophene rings is 1. The molecule has 0 atom stereocenters. The van der Waals surface area contributed by atoms with Crippen molar-refractivity contribution in [3.8, 4) is 0 Å². The van der Waals surface area contributed by atoms with E-state index in [1.54, 1.807) is 0 Å². The normalized spacial score (nSPS) is 13.2. The van der Waals surface area contributed by atoms with Gasteiger partial charge < -0.3 is 0 Å². The van der Waals surface area contributed by atoms with E-state index < -0.39 is 0 Å². The number of hydrogen-bond acceptors (Lipinski definition) is 2. The van der Waals surface area contributed by atoms with E-state index >= 15 is 0 Å². The summed E-state index contributed by atoms with van der Waals surface area (Å²) in [6, 6.07) is 28.1. The van der Waals surface area contributed by atoms with Crippen molar-refractivity contribution in [3.63, 3.8) is 0 Å². The summed E-state index contributed by atoms with van der Waals surface area (Å²) in [4.78, 5) is 1.30. The molecule has 0 spiro atoms. The molecule has 23 heavy (non-hydrogen) atoms. The van der Waals surface area contributed by atoms with E-state index in [9.17, 15) is 0 Å². The van der Waals surface area contributed by atoms with Gasteiger partial charge in [-0.1, -0.05) is 72.4 Å². The second-order valence-electron chi connectivity index (χ2n) is 5.60. The first-order valence-electron chi connectivity index (χ1n) is 7.63. The molecule has 0 amide bonds. The lowest BCUT2D eigenvalue weighted by molar-refractivity contribution is 1.42. The molecule has 0 N–H and O–H groups in total. The molecule has 4 aromatic rings. The van der Waals surface area contributed by atoms with E-state index in [0.717, 1.165) is 0 Å². The van der Waals surface area contributed by atoms with Gasteiger partial charge in [-0.05, 0) is 34.7 Å². The maximum atomic E-state index is 2.25. The number of benzene rings is 3. The van der Waals surface area contributed by atoms with Gasteiger partial charge in [-0.25, -0.2) is 0 Å². The smallest absolute Gasteiger partial charge is 0.0704 e. The molecule has 1 aliphatic rings. The quantitative estimate of drug-likeness (QED) is 0.370. The zero-order valence-electron chi connectivity index (χ0n) is 12.3. The molecule has 0 saturated heterocycles. The second-order valence-corrected chi connectivity index (χ2v) is 7.99. The van der Waals surface area contributed by atoms with Gasteiger partial charge in [0.05, 0.1) is 10.1 Å². The molecule has 0 fully saturated rings. The predicted octanol–water partition coefficient (Wildman–Crippen LogP) is 6.39. The summed E-state index contributed by atoms with van der Waals surface area (Å²) in [5, 5.41) is 1.38. The highest BCUT2D eigenvalue weighted by Crippen LogP contribution is 2.55. The molecule has 109 valence electrons. The van der Waals surface area contributed by atoms with Gasteiger partial charge in [0.2, 0.25) is 0 Å². The molecule has 0 aliphatic heterocycles. The maximum absolute atomic E-state index is 2.25. The molecule has 1 aromatic heterocycles. The lowest BCUT2D eigenvalue weighted by Gasteiger charge is -2.03. The Bertz CT molecular complexity index is 976. The summed E-state index contributed by atoms with van der Waals surface area (Å²) in [5.74, 6) is 1.44. The van der Waals surface area contributed by atoms with Crippen molar-refractivity contribution in [3.05, 3.63) is 101 Å². The van der Waals surface area contributed by atoms with Crippen LogP contribution in [0.1, 0.15) is 16.7 Å². The monoisotopic (exact) mass is 329 g/mol. The summed E-state index contributed by atoms with van der Waals surface area (Å²) in [7, 11) is 0. The van der Waals surface area contributed by atoms with Crippen LogP contribution in [0.2, 0.25) is 0 Å². The molecular weight excluding hydrogens is 316 g/mol. The molecule has 2 heteroatoms. The van der Waals surface area contributed by atoms with Crippen molar-refractivity contribution >= 4 is 33.2 Å².